The second-order valence-electron chi connectivity index (χ2n) is 5.30. The lowest BCUT2D eigenvalue weighted by Gasteiger charge is -2.18. The van der Waals surface area contributed by atoms with Gasteiger partial charge < -0.3 is 14.3 Å². The minimum atomic E-state index is -1.33. The van der Waals surface area contributed by atoms with Crippen LogP contribution < -0.4 is 10.6 Å². The predicted molar refractivity (Wildman–Crippen MR) is 76.2 cm³/mol. The highest BCUT2D eigenvalue weighted by Crippen LogP contribution is 2.28. The lowest BCUT2D eigenvalue weighted by molar-refractivity contribution is -0.134. The lowest BCUT2D eigenvalue weighted by Crippen LogP contribution is -2.41. The Hall–Kier alpha value is -3.10. The van der Waals surface area contributed by atoms with Gasteiger partial charge in [-0.1, -0.05) is 5.16 Å². The van der Waals surface area contributed by atoms with Crippen molar-refractivity contribution in [1.29, 1.82) is 0 Å². The fraction of sp³-hybridized carbons (Fsp3) is 0.286. The summed E-state index contributed by atoms with van der Waals surface area (Å²) in [6.45, 7) is 2.77. The van der Waals surface area contributed by atoms with E-state index in [1.165, 1.54) is 19.3 Å². The Bertz CT molecular complexity index is 766. The van der Waals surface area contributed by atoms with Crippen LogP contribution in [0.4, 0.5) is 10.7 Å². The number of furan rings is 1. The molecule has 9 nitrogen and oxygen atoms in total. The molecule has 1 aliphatic rings. The number of hydrogen-bond donors (Lipinski definition) is 2. The van der Waals surface area contributed by atoms with E-state index in [-0.39, 0.29) is 5.88 Å². The molecule has 1 atom stereocenters. The van der Waals surface area contributed by atoms with Gasteiger partial charge in [0.15, 0.2) is 5.54 Å². The highest BCUT2D eigenvalue weighted by molar-refractivity contribution is 6.09. The van der Waals surface area contributed by atoms with E-state index in [0.29, 0.717) is 11.5 Å². The molecule has 2 aromatic rings. The quantitative estimate of drug-likeness (QED) is 0.811. The molecule has 3 rings (SSSR count). The van der Waals surface area contributed by atoms with Gasteiger partial charge in [-0.25, -0.2) is 4.79 Å². The maximum absolute atomic E-state index is 12.5. The zero-order valence-electron chi connectivity index (χ0n) is 12.5. The van der Waals surface area contributed by atoms with Crippen LogP contribution in [-0.4, -0.2) is 34.4 Å². The molecule has 1 aliphatic heterocycles. The van der Waals surface area contributed by atoms with Crippen molar-refractivity contribution in [2.24, 2.45) is 0 Å². The number of carbonyl (C=O) groups is 3. The Labute approximate surface area is 130 Å². The summed E-state index contributed by atoms with van der Waals surface area (Å²) >= 11 is 0. The molecule has 0 aromatic carbocycles. The van der Waals surface area contributed by atoms with Gasteiger partial charge in [0, 0.05) is 6.07 Å². The van der Waals surface area contributed by atoms with Crippen molar-refractivity contribution < 1.29 is 23.3 Å². The predicted octanol–water partition coefficient (Wildman–Crippen LogP) is 0.982. The second kappa shape index (κ2) is 5.27. The average molecular weight is 318 g/mol. The van der Waals surface area contributed by atoms with Crippen molar-refractivity contribution in [1.82, 2.24) is 15.4 Å². The molecule has 0 bridgehead atoms. The van der Waals surface area contributed by atoms with Crippen LogP contribution in [-0.2, 0) is 15.1 Å². The van der Waals surface area contributed by atoms with Gasteiger partial charge in [-0.3, -0.25) is 19.8 Å². The number of nitrogens with zero attached hydrogens (tertiary/aromatic N) is 2. The number of aryl methyl sites for hydroxylation is 1. The first-order valence-corrected chi connectivity index (χ1v) is 6.81. The normalized spacial score (nSPS) is 20.7. The summed E-state index contributed by atoms with van der Waals surface area (Å²) in [5.41, 5.74) is -0.732. The van der Waals surface area contributed by atoms with Crippen LogP contribution in [0.2, 0.25) is 0 Å². The van der Waals surface area contributed by atoms with Gasteiger partial charge in [0.25, 0.3) is 5.91 Å². The minimum Gasteiger partial charge on any atom is -0.466 e. The molecule has 0 spiro atoms. The van der Waals surface area contributed by atoms with Crippen molar-refractivity contribution in [2.75, 3.05) is 11.9 Å². The topological polar surface area (TPSA) is 118 Å². The Morgan fingerprint density at radius 2 is 2.26 bits per heavy atom. The highest BCUT2D eigenvalue weighted by Gasteiger charge is 2.51. The van der Waals surface area contributed by atoms with Gasteiger partial charge >= 0.3 is 6.03 Å². The average Bonchev–Trinajstić information content (AvgIpc) is 3.19. The minimum absolute atomic E-state index is 0.147. The number of carbonyl (C=O) groups excluding carboxylic acids is 3. The Morgan fingerprint density at radius 1 is 1.48 bits per heavy atom. The fourth-order valence-corrected chi connectivity index (χ4v) is 2.31. The van der Waals surface area contributed by atoms with Crippen LogP contribution in [0.25, 0.3) is 0 Å². The van der Waals surface area contributed by atoms with Gasteiger partial charge in [-0.15, -0.1) is 0 Å². The lowest BCUT2D eigenvalue weighted by atomic mass is 9.99. The third kappa shape index (κ3) is 2.56. The number of imide groups is 1. The van der Waals surface area contributed by atoms with E-state index >= 15 is 0 Å². The monoisotopic (exact) mass is 318 g/mol. The van der Waals surface area contributed by atoms with Crippen molar-refractivity contribution >= 4 is 23.7 Å². The smallest absolute Gasteiger partial charge is 0.325 e. The molecule has 0 radical (unpaired) electrons. The highest BCUT2D eigenvalue weighted by atomic mass is 16.5. The van der Waals surface area contributed by atoms with E-state index in [2.05, 4.69) is 15.8 Å². The van der Waals surface area contributed by atoms with Crippen molar-refractivity contribution in [2.45, 2.75) is 19.4 Å². The fourth-order valence-electron chi connectivity index (χ4n) is 2.31. The zero-order valence-corrected chi connectivity index (χ0v) is 12.5. The molecule has 0 unspecified atom stereocenters. The van der Waals surface area contributed by atoms with Crippen molar-refractivity contribution in [3.63, 3.8) is 0 Å². The van der Waals surface area contributed by atoms with Gasteiger partial charge in [0.05, 0.1) is 12.0 Å². The number of hydrogen-bond acceptors (Lipinski definition) is 6. The Balaban J connectivity index is 1.72. The van der Waals surface area contributed by atoms with Gasteiger partial charge in [0.2, 0.25) is 11.8 Å². The molecule has 3 heterocycles. The molecule has 4 amide bonds. The second-order valence-corrected chi connectivity index (χ2v) is 5.30. The number of amides is 4. The van der Waals surface area contributed by atoms with Crippen LogP contribution in [0.5, 0.6) is 0 Å². The molecule has 2 aromatic heterocycles. The molecule has 9 heteroatoms. The summed E-state index contributed by atoms with van der Waals surface area (Å²) in [5.74, 6) is -0.701. The van der Waals surface area contributed by atoms with Gasteiger partial charge in [-0.05, 0) is 26.0 Å². The van der Waals surface area contributed by atoms with E-state index in [4.69, 9.17) is 8.94 Å². The summed E-state index contributed by atoms with van der Waals surface area (Å²) in [6, 6.07) is 4.05. The molecule has 1 saturated heterocycles. The number of aromatic nitrogens is 1. The van der Waals surface area contributed by atoms with Gasteiger partial charge in [0.1, 0.15) is 12.3 Å². The first-order chi connectivity index (χ1) is 10.9. The summed E-state index contributed by atoms with van der Waals surface area (Å²) < 4.78 is 10.1. The number of nitrogens with one attached hydrogen (secondary N) is 2. The molecule has 120 valence electrons. The summed E-state index contributed by atoms with van der Waals surface area (Å²) in [6.07, 6.45) is 1.40. The van der Waals surface area contributed by atoms with Crippen LogP contribution in [0, 0.1) is 6.92 Å². The van der Waals surface area contributed by atoms with E-state index in [0.717, 1.165) is 4.90 Å². The van der Waals surface area contributed by atoms with Crippen LogP contribution in [0.1, 0.15) is 18.4 Å². The summed E-state index contributed by atoms with van der Waals surface area (Å²) in [4.78, 5) is 37.3. The van der Waals surface area contributed by atoms with Gasteiger partial charge in [-0.2, -0.15) is 0 Å². The maximum Gasteiger partial charge on any atom is 0.325 e. The van der Waals surface area contributed by atoms with Crippen LogP contribution in [0.15, 0.2) is 33.4 Å². The SMILES string of the molecule is Cc1cc(NC(=O)CN2C(=O)N[C@@](C)(c3ccco3)C2=O)on1. The molecule has 0 aliphatic carbocycles. The van der Waals surface area contributed by atoms with E-state index in [1.54, 1.807) is 19.1 Å². The van der Waals surface area contributed by atoms with E-state index in [9.17, 15) is 14.4 Å². The third-order valence-corrected chi connectivity index (χ3v) is 3.48. The Morgan fingerprint density at radius 3 is 2.87 bits per heavy atom. The van der Waals surface area contributed by atoms with E-state index < -0.39 is 29.9 Å². The third-order valence-electron chi connectivity index (χ3n) is 3.48. The number of anilines is 1. The first kappa shape index (κ1) is 14.8. The molecule has 2 N–H and O–H groups in total. The summed E-state index contributed by atoms with van der Waals surface area (Å²) in [5, 5.41) is 8.59. The molecule has 23 heavy (non-hydrogen) atoms. The van der Waals surface area contributed by atoms with Crippen LogP contribution in [0.3, 0.4) is 0 Å². The molecular weight excluding hydrogens is 304 g/mol. The molecule has 1 fully saturated rings. The maximum atomic E-state index is 12.5. The first-order valence-electron chi connectivity index (χ1n) is 6.81. The van der Waals surface area contributed by atoms with Crippen LogP contribution >= 0.6 is 0 Å². The molecule has 0 saturated carbocycles. The summed E-state index contributed by atoms with van der Waals surface area (Å²) in [7, 11) is 0. The van der Waals surface area contributed by atoms with Crippen molar-refractivity contribution in [3.05, 3.63) is 35.9 Å². The number of rotatable bonds is 4. The zero-order chi connectivity index (χ0) is 16.6. The van der Waals surface area contributed by atoms with E-state index in [1.807, 2.05) is 0 Å². The Kier molecular flexibility index (Phi) is 3.40. The largest absolute Gasteiger partial charge is 0.466 e. The molecular formula is C14H14N4O5. The van der Waals surface area contributed by atoms with Crippen molar-refractivity contribution in [3.8, 4) is 0 Å². The number of urea groups is 1. The standard InChI is InChI=1S/C14H14N4O5/c1-8-6-11(23-17-8)15-10(19)7-18-12(20)14(2,16-13(18)21)9-4-3-5-22-9/h3-6H,7H2,1-2H3,(H,15,19)(H,16,21)/t14-/m0/s1.